The molecule has 1 N–H and O–H groups in total. The lowest BCUT2D eigenvalue weighted by Gasteiger charge is -2.34. The number of aromatic nitrogens is 2. The second-order valence-electron chi connectivity index (χ2n) is 5.74. The lowest BCUT2D eigenvalue weighted by Crippen LogP contribution is -2.31. The van der Waals surface area contributed by atoms with Crippen molar-refractivity contribution >= 4 is 11.3 Å². The molecule has 1 aliphatic rings. The molecule has 1 fully saturated rings. The molecule has 3 rings (SSSR count). The lowest BCUT2D eigenvalue weighted by atomic mass is 9.81. The van der Waals surface area contributed by atoms with Gasteiger partial charge in [0.1, 0.15) is 5.82 Å². The Balaban J connectivity index is 1.86. The van der Waals surface area contributed by atoms with Crippen molar-refractivity contribution < 1.29 is 5.11 Å². The van der Waals surface area contributed by atoms with Gasteiger partial charge < -0.3 is 9.67 Å². The Bertz CT molecular complexity index is 534. The second-order valence-corrected chi connectivity index (χ2v) is 6.69. The third kappa shape index (κ3) is 2.67. The van der Waals surface area contributed by atoms with E-state index in [1.165, 1.54) is 17.7 Å². The molecule has 0 aliphatic heterocycles. The van der Waals surface area contributed by atoms with Crippen LogP contribution in [0.5, 0.6) is 0 Å². The number of aliphatic hydroxyl groups is 1. The van der Waals surface area contributed by atoms with E-state index >= 15 is 0 Å². The Morgan fingerprint density at radius 1 is 1.45 bits per heavy atom. The van der Waals surface area contributed by atoms with Crippen LogP contribution >= 0.6 is 11.3 Å². The van der Waals surface area contributed by atoms with E-state index in [1.54, 1.807) is 11.3 Å². The molecule has 3 nitrogen and oxygen atoms in total. The number of rotatable bonds is 4. The van der Waals surface area contributed by atoms with Gasteiger partial charge in [0.05, 0.1) is 17.0 Å². The van der Waals surface area contributed by atoms with Crippen molar-refractivity contribution in [2.45, 2.75) is 51.2 Å². The summed E-state index contributed by atoms with van der Waals surface area (Å²) >= 11 is 1.71. The highest BCUT2D eigenvalue weighted by Gasteiger charge is 2.31. The number of hydrogen-bond acceptors (Lipinski definition) is 3. The zero-order valence-electron chi connectivity index (χ0n) is 11.9. The van der Waals surface area contributed by atoms with Crippen LogP contribution in [0.4, 0.5) is 0 Å². The average molecular weight is 290 g/mol. The molecular formula is C16H22N2OS. The first-order valence-electron chi connectivity index (χ1n) is 7.54. The van der Waals surface area contributed by atoms with Gasteiger partial charge >= 0.3 is 0 Å². The number of hydrogen-bond donors (Lipinski definition) is 1. The van der Waals surface area contributed by atoms with Crippen LogP contribution in [0.25, 0.3) is 10.7 Å². The van der Waals surface area contributed by atoms with Crippen LogP contribution in [0.3, 0.4) is 0 Å². The van der Waals surface area contributed by atoms with E-state index in [0.29, 0.717) is 0 Å². The first-order valence-corrected chi connectivity index (χ1v) is 8.42. The fourth-order valence-corrected chi connectivity index (χ4v) is 4.09. The Labute approximate surface area is 124 Å². The van der Waals surface area contributed by atoms with E-state index in [4.69, 9.17) is 0 Å². The Kier molecular flexibility index (Phi) is 4.22. The predicted octanol–water partition coefficient (Wildman–Crippen LogP) is 4.11. The average Bonchev–Trinajstić information content (AvgIpc) is 3.10. The molecule has 2 aromatic rings. The monoisotopic (exact) mass is 290 g/mol. The molecule has 0 saturated heterocycles. The topological polar surface area (TPSA) is 38.0 Å². The molecular weight excluding hydrogens is 268 g/mol. The smallest absolute Gasteiger partial charge is 0.150 e. The fourth-order valence-electron chi connectivity index (χ4n) is 3.36. The highest BCUT2D eigenvalue weighted by atomic mass is 32.1. The molecule has 0 radical (unpaired) electrons. The van der Waals surface area contributed by atoms with Gasteiger partial charge in [0.2, 0.25) is 0 Å². The van der Waals surface area contributed by atoms with Gasteiger partial charge in [0.25, 0.3) is 0 Å². The molecule has 108 valence electrons. The van der Waals surface area contributed by atoms with Crippen LogP contribution in [-0.2, 0) is 0 Å². The van der Waals surface area contributed by atoms with Crippen LogP contribution in [0, 0.1) is 5.92 Å². The molecule has 0 bridgehead atoms. The molecule has 4 heteroatoms. The summed E-state index contributed by atoms with van der Waals surface area (Å²) in [6.07, 6.45) is 9.29. The van der Waals surface area contributed by atoms with Gasteiger partial charge in [0.15, 0.2) is 0 Å². The maximum absolute atomic E-state index is 10.4. The summed E-state index contributed by atoms with van der Waals surface area (Å²) in [5, 5.41) is 12.5. The molecule has 1 aliphatic carbocycles. The number of thiophene rings is 1. The van der Waals surface area contributed by atoms with E-state index in [1.807, 2.05) is 12.4 Å². The summed E-state index contributed by atoms with van der Waals surface area (Å²) in [6, 6.07) is 4.33. The summed E-state index contributed by atoms with van der Waals surface area (Å²) in [6.45, 7) is 2.24. The standard InChI is InChI=1S/C16H22N2OS/c1-2-4-12-6-7-14(19)13(11-12)18-9-8-17-16(18)15-5-3-10-20-15/h3,5,8-10,12-14,19H,2,4,6-7,11H2,1H3. The van der Waals surface area contributed by atoms with Crippen LogP contribution in [-0.4, -0.2) is 20.8 Å². The summed E-state index contributed by atoms with van der Waals surface area (Å²) in [5.41, 5.74) is 0. The van der Waals surface area contributed by atoms with Crippen LogP contribution < -0.4 is 0 Å². The number of imidazole rings is 1. The summed E-state index contributed by atoms with van der Waals surface area (Å²) in [5.74, 6) is 1.74. The highest BCUT2D eigenvalue weighted by molar-refractivity contribution is 7.13. The Morgan fingerprint density at radius 3 is 3.10 bits per heavy atom. The van der Waals surface area contributed by atoms with Crippen molar-refractivity contribution in [3.05, 3.63) is 29.9 Å². The van der Waals surface area contributed by atoms with Crippen LogP contribution in [0.15, 0.2) is 29.9 Å². The van der Waals surface area contributed by atoms with Crippen molar-refractivity contribution in [3.63, 3.8) is 0 Å². The summed E-state index contributed by atoms with van der Waals surface area (Å²) in [4.78, 5) is 5.68. The van der Waals surface area contributed by atoms with Crippen LogP contribution in [0.2, 0.25) is 0 Å². The van der Waals surface area contributed by atoms with Crippen molar-refractivity contribution in [1.82, 2.24) is 9.55 Å². The molecule has 3 unspecified atom stereocenters. The largest absolute Gasteiger partial charge is 0.391 e. The molecule has 0 aromatic carbocycles. The minimum absolute atomic E-state index is 0.180. The molecule has 20 heavy (non-hydrogen) atoms. The normalized spacial score (nSPS) is 26.8. The van der Waals surface area contributed by atoms with E-state index < -0.39 is 0 Å². The molecule has 3 atom stereocenters. The Hall–Kier alpha value is -1.13. The Morgan fingerprint density at radius 2 is 2.35 bits per heavy atom. The minimum Gasteiger partial charge on any atom is -0.391 e. The summed E-state index contributed by atoms with van der Waals surface area (Å²) in [7, 11) is 0. The lowest BCUT2D eigenvalue weighted by molar-refractivity contribution is 0.0528. The van der Waals surface area contributed by atoms with Gasteiger partial charge in [-0.2, -0.15) is 0 Å². The number of nitrogens with zero attached hydrogens (tertiary/aromatic N) is 2. The first-order chi connectivity index (χ1) is 9.79. The van der Waals surface area contributed by atoms with Crippen molar-refractivity contribution in [1.29, 1.82) is 0 Å². The third-order valence-corrected chi connectivity index (χ3v) is 5.22. The van der Waals surface area contributed by atoms with Gasteiger partial charge in [-0.15, -0.1) is 11.3 Å². The fraction of sp³-hybridized carbons (Fsp3) is 0.562. The quantitative estimate of drug-likeness (QED) is 0.920. The van der Waals surface area contributed by atoms with Crippen molar-refractivity contribution in [3.8, 4) is 10.7 Å². The van der Waals surface area contributed by atoms with Gasteiger partial charge in [-0.25, -0.2) is 4.98 Å². The van der Waals surface area contributed by atoms with Gasteiger partial charge in [-0.3, -0.25) is 0 Å². The SMILES string of the molecule is CCCC1CCC(O)C(n2ccnc2-c2cccs2)C1. The predicted molar refractivity (Wildman–Crippen MR) is 82.8 cm³/mol. The highest BCUT2D eigenvalue weighted by Crippen LogP contribution is 2.37. The zero-order valence-corrected chi connectivity index (χ0v) is 12.7. The minimum atomic E-state index is -0.240. The van der Waals surface area contributed by atoms with E-state index in [0.717, 1.165) is 31.0 Å². The maximum atomic E-state index is 10.4. The molecule has 2 heterocycles. The maximum Gasteiger partial charge on any atom is 0.150 e. The summed E-state index contributed by atoms with van der Waals surface area (Å²) < 4.78 is 2.19. The second kappa shape index (κ2) is 6.10. The molecule has 0 spiro atoms. The number of aliphatic hydroxyl groups excluding tert-OH is 1. The van der Waals surface area contributed by atoms with Crippen molar-refractivity contribution in [2.75, 3.05) is 0 Å². The molecule has 2 aromatic heterocycles. The van der Waals surface area contributed by atoms with E-state index in [9.17, 15) is 5.11 Å². The van der Waals surface area contributed by atoms with Crippen LogP contribution in [0.1, 0.15) is 45.1 Å². The molecule has 0 amide bonds. The van der Waals surface area contributed by atoms with E-state index in [-0.39, 0.29) is 12.1 Å². The van der Waals surface area contributed by atoms with Gasteiger partial charge in [-0.1, -0.05) is 25.8 Å². The van der Waals surface area contributed by atoms with Crippen molar-refractivity contribution in [2.24, 2.45) is 5.92 Å². The van der Waals surface area contributed by atoms with E-state index in [2.05, 4.69) is 34.0 Å². The zero-order chi connectivity index (χ0) is 13.9. The first kappa shape index (κ1) is 13.8. The third-order valence-electron chi connectivity index (χ3n) is 4.35. The van der Waals surface area contributed by atoms with Gasteiger partial charge in [0, 0.05) is 12.4 Å². The van der Waals surface area contributed by atoms with Gasteiger partial charge in [-0.05, 0) is 36.6 Å². The molecule has 1 saturated carbocycles.